The molecule has 3 atom stereocenters. The van der Waals surface area contributed by atoms with Crippen LogP contribution in [0.15, 0.2) is 0 Å². The summed E-state index contributed by atoms with van der Waals surface area (Å²) in [5.41, 5.74) is 0. The van der Waals surface area contributed by atoms with E-state index in [1.165, 1.54) is 45.2 Å². The van der Waals surface area contributed by atoms with E-state index in [0.717, 1.165) is 11.8 Å². The maximum Gasteiger partial charge on any atom is 0.0614 e. The Morgan fingerprint density at radius 3 is 2.71 bits per heavy atom. The van der Waals surface area contributed by atoms with Gasteiger partial charge in [-0.05, 0) is 38.1 Å². The lowest BCUT2D eigenvalue weighted by Gasteiger charge is -2.27. The first-order valence-electron chi connectivity index (χ1n) is 6.01. The molecule has 0 radical (unpaired) electrons. The molecule has 0 aromatic heterocycles. The van der Waals surface area contributed by atoms with Crippen LogP contribution in [0.3, 0.4) is 0 Å². The molecule has 1 aliphatic heterocycles. The van der Waals surface area contributed by atoms with Gasteiger partial charge < -0.3 is 9.64 Å². The largest absolute Gasteiger partial charge is 0.381 e. The van der Waals surface area contributed by atoms with Gasteiger partial charge in [-0.15, -0.1) is 0 Å². The van der Waals surface area contributed by atoms with Crippen LogP contribution in [0.25, 0.3) is 0 Å². The average Bonchev–Trinajstić information content (AvgIpc) is 2.22. The van der Waals surface area contributed by atoms with Gasteiger partial charge >= 0.3 is 0 Å². The summed E-state index contributed by atoms with van der Waals surface area (Å²) in [5.74, 6) is 1.67. The summed E-state index contributed by atoms with van der Waals surface area (Å²) in [6.07, 6.45) is 7.46. The van der Waals surface area contributed by atoms with Crippen LogP contribution in [0, 0.1) is 11.8 Å². The van der Waals surface area contributed by atoms with Gasteiger partial charge in [-0.25, -0.2) is 0 Å². The summed E-state index contributed by atoms with van der Waals surface area (Å²) < 4.78 is 5.66. The molecule has 0 amide bonds. The van der Waals surface area contributed by atoms with Crippen LogP contribution in [0.2, 0.25) is 0 Å². The predicted octanol–water partition coefficient (Wildman–Crippen LogP) is 2.14. The van der Waals surface area contributed by atoms with Crippen molar-refractivity contribution in [3.63, 3.8) is 0 Å². The van der Waals surface area contributed by atoms with Crippen molar-refractivity contribution in [1.82, 2.24) is 4.90 Å². The molecule has 0 aromatic rings. The zero-order valence-electron chi connectivity index (χ0n) is 9.54. The van der Waals surface area contributed by atoms with Crippen LogP contribution in [0.5, 0.6) is 0 Å². The van der Waals surface area contributed by atoms with E-state index in [2.05, 4.69) is 11.9 Å². The lowest BCUT2D eigenvalue weighted by Crippen LogP contribution is -2.30. The number of ether oxygens (including phenoxy) is 1. The van der Waals surface area contributed by atoms with Crippen LogP contribution < -0.4 is 0 Å². The first-order chi connectivity index (χ1) is 6.79. The molecule has 1 heterocycles. The Morgan fingerprint density at radius 1 is 1.14 bits per heavy atom. The SMILES string of the molecule is COC1CC2CCCCC1CN(C)C2. The van der Waals surface area contributed by atoms with E-state index in [0.29, 0.717) is 6.10 Å². The van der Waals surface area contributed by atoms with Crippen LogP contribution in [-0.4, -0.2) is 38.3 Å². The highest BCUT2D eigenvalue weighted by Crippen LogP contribution is 2.32. The number of likely N-dealkylation sites (tertiary alicyclic amines) is 1. The highest BCUT2D eigenvalue weighted by molar-refractivity contribution is 4.84. The number of methoxy groups -OCH3 is 1. The van der Waals surface area contributed by atoms with E-state index < -0.39 is 0 Å². The molecule has 2 heteroatoms. The van der Waals surface area contributed by atoms with Crippen LogP contribution in [0.4, 0.5) is 0 Å². The Balaban J connectivity index is 2.10. The van der Waals surface area contributed by atoms with Crippen molar-refractivity contribution in [1.29, 1.82) is 0 Å². The molecular formula is C12H23NO. The quantitative estimate of drug-likeness (QED) is 0.638. The van der Waals surface area contributed by atoms with E-state index in [9.17, 15) is 0 Å². The molecule has 2 rings (SSSR count). The van der Waals surface area contributed by atoms with Gasteiger partial charge in [-0.1, -0.05) is 12.8 Å². The van der Waals surface area contributed by atoms with Crippen molar-refractivity contribution in [2.24, 2.45) is 11.8 Å². The molecule has 1 aliphatic carbocycles. The lowest BCUT2D eigenvalue weighted by atomic mass is 9.85. The standard InChI is InChI=1S/C12H23NO/c1-13-8-10-5-3-4-6-11(9-13)12(7-10)14-2/h10-12H,3-9H2,1-2H3. The first-order valence-corrected chi connectivity index (χ1v) is 6.01. The first kappa shape index (κ1) is 10.4. The minimum Gasteiger partial charge on any atom is -0.381 e. The summed E-state index contributed by atoms with van der Waals surface area (Å²) in [7, 11) is 4.16. The molecule has 0 spiro atoms. The number of hydrogen-bond acceptors (Lipinski definition) is 2. The average molecular weight is 197 g/mol. The summed E-state index contributed by atoms with van der Waals surface area (Å²) in [5, 5.41) is 0. The molecular weight excluding hydrogens is 174 g/mol. The summed E-state index contributed by atoms with van der Waals surface area (Å²) in [6, 6.07) is 0. The molecule has 1 saturated heterocycles. The number of hydrogen-bond donors (Lipinski definition) is 0. The van der Waals surface area contributed by atoms with Crippen molar-refractivity contribution in [3.8, 4) is 0 Å². The third-order valence-electron chi connectivity index (χ3n) is 3.95. The van der Waals surface area contributed by atoms with Gasteiger partial charge in [-0.2, -0.15) is 0 Å². The van der Waals surface area contributed by atoms with Crippen molar-refractivity contribution >= 4 is 0 Å². The van der Waals surface area contributed by atoms with Gasteiger partial charge in [0.15, 0.2) is 0 Å². The number of fused-ring (bicyclic) bond motifs is 3. The van der Waals surface area contributed by atoms with Gasteiger partial charge in [-0.3, -0.25) is 0 Å². The molecule has 1 saturated carbocycles. The fourth-order valence-corrected chi connectivity index (χ4v) is 3.24. The normalized spacial score (nSPS) is 40.3. The monoisotopic (exact) mass is 197 g/mol. The molecule has 2 fully saturated rings. The fraction of sp³-hybridized carbons (Fsp3) is 1.00. The van der Waals surface area contributed by atoms with E-state index in [1.54, 1.807) is 0 Å². The molecule has 3 unspecified atom stereocenters. The summed E-state index contributed by atoms with van der Waals surface area (Å²) in [4.78, 5) is 2.51. The van der Waals surface area contributed by atoms with Crippen molar-refractivity contribution in [3.05, 3.63) is 0 Å². The van der Waals surface area contributed by atoms with E-state index in [4.69, 9.17) is 4.74 Å². The van der Waals surface area contributed by atoms with Crippen molar-refractivity contribution < 1.29 is 4.74 Å². The van der Waals surface area contributed by atoms with Crippen LogP contribution in [0.1, 0.15) is 32.1 Å². The second-order valence-corrected chi connectivity index (χ2v) is 5.14. The molecule has 0 aromatic carbocycles. The topological polar surface area (TPSA) is 12.5 Å². The molecule has 82 valence electrons. The zero-order chi connectivity index (χ0) is 9.97. The van der Waals surface area contributed by atoms with Gasteiger partial charge in [0.1, 0.15) is 0 Å². The van der Waals surface area contributed by atoms with Crippen LogP contribution in [-0.2, 0) is 4.74 Å². The zero-order valence-corrected chi connectivity index (χ0v) is 9.54. The maximum absolute atomic E-state index is 5.66. The molecule has 2 bridgehead atoms. The van der Waals surface area contributed by atoms with Crippen molar-refractivity contribution in [2.45, 2.75) is 38.2 Å². The second kappa shape index (κ2) is 4.63. The van der Waals surface area contributed by atoms with Gasteiger partial charge in [0.05, 0.1) is 6.10 Å². The predicted molar refractivity (Wildman–Crippen MR) is 58.4 cm³/mol. The second-order valence-electron chi connectivity index (χ2n) is 5.14. The molecule has 2 aliphatic rings. The number of nitrogens with zero attached hydrogens (tertiary/aromatic N) is 1. The lowest BCUT2D eigenvalue weighted by molar-refractivity contribution is 0.0305. The molecule has 14 heavy (non-hydrogen) atoms. The Bertz CT molecular complexity index is 183. The van der Waals surface area contributed by atoms with E-state index in [1.807, 2.05) is 7.11 Å². The van der Waals surface area contributed by atoms with Crippen LogP contribution >= 0.6 is 0 Å². The minimum absolute atomic E-state index is 0.533. The summed E-state index contributed by atoms with van der Waals surface area (Å²) >= 11 is 0. The molecule has 0 N–H and O–H groups in total. The van der Waals surface area contributed by atoms with Gasteiger partial charge in [0, 0.05) is 20.2 Å². The van der Waals surface area contributed by atoms with Gasteiger partial charge in [0.2, 0.25) is 0 Å². The Labute approximate surface area is 87.6 Å². The van der Waals surface area contributed by atoms with E-state index >= 15 is 0 Å². The van der Waals surface area contributed by atoms with Crippen molar-refractivity contribution in [2.75, 3.05) is 27.2 Å². The fourth-order valence-electron chi connectivity index (χ4n) is 3.24. The maximum atomic E-state index is 5.66. The smallest absolute Gasteiger partial charge is 0.0614 e. The highest BCUT2D eigenvalue weighted by atomic mass is 16.5. The Morgan fingerprint density at radius 2 is 1.93 bits per heavy atom. The van der Waals surface area contributed by atoms with E-state index in [-0.39, 0.29) is 0 Å². The third-order valence-corrected chi connectivity index (χ3v) is 3.95. The Kier molecular flexibility index (Phi) is 3.45. The Hall–Kier alpha value is -0.0800. The highest BCUT2D eigenvalue weighted by Gasteiger charge is 2.31. The summed E-state index contributed by atoms with van der Waals surface area (Å²) in [6.45, 7) is 2.53. The van der Waals surface area contributed by atoms with Gasteiger partial charge in [0.25, 0.3) is 0 Å². The molecule has 2 nitrogen and oxygen atoms in total. The number of rotatable bonds is 1. The third kappa shape index (κ3) is 2.29. The minimum atomic E-state index is 0.533.